The second-order valence-electron chi connectivity index (χ2n) is 7.37. The van der Waals surface area contributed by atoms with Crippen LogP contribution < -0.4 is 10.6 Å². The molecule has 1 fully saturated rings. The van der Waals surface area contributed by atoms with Gasteiger partial charge in [0.1, 0.15) is 0 Å². The van der Waals surface area contributed by atoms with Crippen molar-refractivity contribution >= 4 is 0 Å². The first-order valence-electron chi connectivity index (χ1n) is 9.15. The molecular formula is C17H38N4O2. The molecule has 0 radical (unpaired) electrons. The number of nitrogens with zero attached hydrogens (tertiary/aromatic N) is 2. The molecule has 0 amide bonds. The molecule has 1 heterocycles. The van der Waals surface area contributed by atoms with Crippen molar-refractivity contribution in [3.63, 3.8) is 0 Å². The van der Waals surface area contributed by atoms with Gasteiger partial charge in [-0.05, 0) is 39.0 Å². The predicted molar refractivity (Wildman–Crippen MR) is 95.8 cm³/mol. The van der Waals surface area contributed by atoms with Gasteiger partial charge >= 0.3 is 0 Å². The Morgan fingerprint density at radius 2 is 1.43 bits per heavy atom. The van der Waals surface area contributed by atoms with E-state index in [2.05, 4.69) is 34.3 Å². The summed E-state index contributed by atoms with van der Waals surface area (Å²) in [5.41, 5.74) is -0.0554. The van der Waals surface area contributed by atoms with E-state index in [0.29, 0.717) is 0 Å². The van der Waals surface area contributed by atoms with Gasteiger partial charge in [-0.1, -0.05) is 13.8 Å². The van der Waals surface area contributed by atoms with E-state index < -0.39 is 0 Å². The van der Waals surface area contributed by atoms with Crippen LogP contribution in [0.5, 0.6) is 0 Å². The van der Waals surface area contributed by atoms with Crippen molar-refractivity contribution < 1.29 is 10.2 Å². The maximum Gasteiger partial charge on any atom is 0.0558 e. The molecule has 6 heteroatoms. The third kappa shape index (κ3) is 10.3. The third-order valence-corrected chi connectivity index (χ3v) is 4.36. The highest BCUT2D eigenvalue weighted by atomic mass is 16.3. The smallest absolute Gasteiger partial charge is 0.0558 e. The number of hydrogen-bond donors (Lipinski definition) is 4. The molecule has 0 atom stereocenters. The molecule has 6 nitrogen and oxygen atoms in total. The van der Waals surface area contributed by atoms with E-state index in [4.69, 9.17) is 0 Å². The predicted octanol–water partition coefficient (Wildman–Crippen LogP) is -0.426. The van der Waals surface area contributed by atoms with Gasteiger partial charge in [0.25, 0.3) is 0 Å². The summed E-state index contributed by atoms with van der Waals surface area (Å²) in [5, 5.41) is 25.7. The lowest BCUT2D eigenvalue weighted by molar-refractivity contribution is 0.0989. The van der Waals surface area contributed by atoms with Crippen LogP contribution >= 0.6 is 0 Å². The first-order chi connectivity index (χ1) is 11.1. The SMILES string of the molecule is CC(C)(CO)CN1CCCN(CCO)CCNCCCNCC1. The number of hydrogen-bond acceptors (Lipinski definition) is 6. The molecule has 23 heavy (non-hydrogen) atoms. The summed E-state index contributed by atoms with van der Waals surface area (Å²) in [5.74, 6) is 0. The normalized spacial score (nSPS) is 21.9. The van der Waals surface area contributed by atoms with Crippen LogP contribution in [0.2, 0.25) is 0 Å². The molecule has 4 N–H and O–H groups in total. The van der Waals surface area contributed by atoms with Crippen molar-refractivity contribution in [1.82, 2.24) is 20.4 Å². The highest BCUT2D eigenvalue weighted by Gasteiger charge is 2.20. The molecular weight excluding hydrogens is 292 g/mol. The van der Waals surface area contributed by atoms with E-state index in [1.165, 1.54) is 0 Å². The summed E-state index contributed by atoms with van der Waals surface area (Å²) in [6.45, 7) is 14.5. The Morgan fingerprint density at radius 3 is 2.04 bits per heavy atom. The van der Waals surface area contributed by atoms with Crippen LogP contribution in [0.4, 0.5) is 0 Å². The Hall–Kier alpha value is -0.240. The monoisotopic (exact) mass is 330 g/mol. The zero-order chi connectivity index (χ0) is 17.0. The van der Waals surface area contributed by atoms with Gasteiger partial charge in [0, 0.05) is 51.3 Å². The van der Waals surface area contributed by atoms with Crippen molar-refractivity contribution in [2.75, 3.05) is 78.7 Å². The zero-order valence-electron chi connectivity index (χ0n) is 15.2. The average molecular weight is 331 g/mol. The quantitative estimate of drug-likeness (QED) is 0.549. The Kier molecular flexibility index (Phi) is 11.0. The minimum absolute atomic E-state index is 0.0554. The van der Waals surface area contributed by atoms with Gasteiger partial charge in [-0.25, -0.2) is 0 Å². The van der Waals surface area contributed by atoms with E-state index in [1.807, 2.05) is 0 Å². The van der Waals surface area contributed by atoms with Gasteiger partial charge in [-0.2, -0.15) is 0 Å². The number of aliphatic hydroxyl groups excluding tert-OH is 2. The molecule has 0 unspecified atom stereocenters. The van der Waals surface area contributed by atoms with Crippen LogP contribution in [0.3, 0.4) is 0 Å². The Bertz CT molecular complexity index is 290. The third-order valence-electron chi connectivity index (χ3n) is 4.36. The van der Waals surface area contributed by atoms with Gasteiger partial charge in [-0.15, -0.1) is 0 Å². The highest BCUT2D eigenvalue weighted by Crippen LogP contribution is 2.15. The van der Waals surface area contributed by atoms with Crippen molar-refractivity contribution in [1.29, 1.82) is 0 Å². The van der Waals surface area contributed by atoms with Gasteiger partial charge in [0.15, 0.2) is 0 Å². The van der Waals surface area contributed by atoms with Crippen LogP contribution in [0, 0.1) is 5.41 Å². The molecule has 1 aliphatic heterocycles. The highest BCUT2D eigenvalue weighted by molar-refractivity contribution is 4.74. The number of aliphatic hydroxyl groups is 2. The summed E-state index contributed by atoms with van der Waals surface area (Å²) in [7, 11) is 0. The molecule has 0 aromatic carbocycles. The minimum atomic E-state index is -0.0554. The number of β-amino-alcohol motifs (C(OH)–C–C–N with tert-alkyl or cyclic N) is 1. The standard InChI is InChI=1S/C17H38N4O2/c1-17(2,16-23)15-21-10-4-9-20(13-14-22)11-7-18-5-3-6-19-8-12-21/h18-19,22-23H,3-16H2,1-2H3. The molecule has 0 bridgehead atoms. The largest absolute Gasteiger partial charge is 0.396 e. The molecule has 1 aliphatic rings. The summed E-state index contributed by atoms with van der Waals surface area (Å²) in [4.78, 5) is 4.80. The second-order valence-corrected chi connectivity index (χ2v) is 7.37. The summed E-state index contributed by atoms with van der Waals surface area (Å²) in [6, 6.07) is 0. The first kappa shape index (κ1) is 20.8. The Morgan fingerprint density at radius 1 is 0.826 bits per heavy atom. The lowest BCUT2D eigenvalue weighted by atomic mass is 9.94. The fourth-order valence-corrected chi connectivity index (χ4v) is 2.98. The van der Waals surface area contributed by atoms with Gasteiger partial charge < -0.3 is 25.7 Å². The van der Waals surface area contributed by atoms with E-state index in [1.54, 1.807) is 0 Å². The summed E-state index contributed by atoms with van der Waals surface area (Å²) in [6.07, 6.45) is 2.24. The minimum Gasteiger partial charge on any atom is -0.396 e. The van der Waals surface area contributed by atoms with Crippen molar-refractivity contribution in [3.8, 4) is 0 Å². The van der Waals surface area contributed by atoms with E-state index >= 15 is 0 Å². The van der Waals surface area contributed by atoms with Crippen molar-refractivity contribution in [2.24, 2.45) is 5.41 Å². The van der Waals surface area contributed by atoms with Crippen molar-refractivity contribution in [3.05, 3.63) is 0 Å². The molecule has 1 rings (SSSR count). The molecule has 0 saturated carbocycles. The maximum absolute atomic E-state index is 9.53. The van der Waals surface area contributed by atoms with Gasteiger partial charge in [-0.3, -0.25) is 4.90 Å². The van der Waals surface area contributed by atoms with Crippen LogP contribution in [0.25, 0.3) is 0 Å². The molecule has 0 aliphatic carbocycles. The number of rotatable bonds is 5. The fraction of sp³-hybridized carbons (Fsp3) is 1.00. The Balaban J connectivity index is 2.51. The van der Waals surface area contributed by atoms with Crippen molar-refractivity contribution in [2.45, 2.75) is 26.7 Å². The van der Waals surface area contributed by atoms with Gasteiger partial charge in [0.05, 0.1) is 6.61 Å². The van der Waals surface area contributed by atoms with Crippen LogP contribution in [-0.2, 0) is 0 Å². The van der Waals surface area contributed by atoms with Crippen LogP contribution in [-0.4, -0.2) is 98.7 Å². The molecule has 0 aromatic rings. The molecule has 0 aromatic heterocycles. The molecule has 138 valence electrons. The van der Waals surface area contributed by atoms with E-state index in [9.17, 15) is 10.2 Å². The lowest BCUT2D eigenvalue weighted by Gasteiger charge is -2.32. The maximum atomic E-state index is 9.53. The van der Waals surface area contributed by atoms with Crippen LogP contribution in [0.1, 0.15) is 26.7 Å². The summed E-state index contributed by atoms with van der Waals surface area (Å²) >= 11 is 0. The Labute approximate surface area is 142 Å². The molecule has 0 spiro atoms. The fourth-order valence-electron chi connectivity index (χ4n) is 2.98. The van der Waals surface area contributed by atoms with Gasteiger partial charge in [0.2, 0.25) is 0 Å². The topological polar surface area (TPSA) is 71.0 Å². The lowest BCUT2D eigenvalue weighted by Crippen LogP contribution is -2.42. The summed E-state index contributed by atoms with van der Waals surface area (Å²) < 4.78 is 0. The number of nitrogens with one attached hydrogen (secondary N) is 2. The second kappa shape index (κ2) is 12.2. The van der Waals surface area contributed by atoms with Crippen LogP contribution in [0.15, 0.2) is 0 Å². The molecule has 1 saturated heterocycles. The zero-order valence-corrected chi connectivity index (χ0v) is 15.2. The van der Waals surface area contributed by atoms with E-state index in [-0.39, 0.29) is 18.6 Å². The average Bonchev–Trinajstić information content (AvgIpc) is 2.52. The first-order valence-corrected chi connectivity index (χ1v) is 9.15. The van der Waals surface area contributed by atoms with E-state index in [0.717, 1.165) is 78.3 Å².